The Kier molecular flexibility index (Phi) is 9.34. The normalized spacial score (nSPS) is 13.4. The van der Waals surface area contributed by atoms with Crippen LogP contribution in [-0.2, 0) is 10.8 Å². The molecular formula is C68H53B2NO. The van der Waals surface area contributed by atoms with Gasteiger partial charge in [-0.2, -0.15) is 0 Å². The van der Waals surface area contributed by atoms with Gasteiger partial charge in [0.15, 0.2) is 0 Å². The van der Waals surface area contributed by atoms with E-state index in [-0.39, 0.29) is 24.3 Å². The summed E-state index contributed by atoms with van der Waals surface area (Å²) in [5, 5.41) is 0. The zero-order valence-electron chi connectivity index (χ0n) is 41.7. The van der Waals surface area contributed by atoms with Crippen LogP contribution in [0.1, 0.15) is 52.7 Å². The highest BCUT2D eigenvalue weighted by Crippen LogP contribution is 2.47. The van der Waals surface area contributed by atoms with Gasteiger partial charge in [0.1, 0.15) is 11.5 Å². The van der Waals surface area contributed by atoms with Gasteiger partial charge in [0, 0.05) is 17.1 Å². The molecule has 14 rings (SSSR count). The minimum Gasteiger partial charge on any atom is -0.458 e. The van der Waals surface area contributed by atoms with Crippen LogP contribution in [0.25, 0.3) is 66.8 Å². The van der Waals surface area contributed by atoms with Gasteiger partial charge in [-0.25, -0.2) is 0 Å². The van der Waals surface area contributed by atoms with Crippen molar-refractivity contribution in [1.82, 2.24) is 0 Å². The van der Waals surface area contributed by atoms with Crippen LogP contribution in [-0.4, -0.2) is 13.4 Å². The zero-order valence-corrected chi connectivity index (χ0v) is 41.7. The van der Waals surface area contributed by atoms with Crippen molar-refractivity contribution in [2.24, 2.45) is 0 Å². The molecule has 2 nitrogen and oxygen atoms in total. The van der Waals surface area contributed by atoms with E-state index in [0.29, 0.717) is 0 Å². The summed E-state index contributed by atoms with van der Waals surface area (Å²) in [5.74, 6) is 1.80. The molecule has 10 aromatic rings. The Labute approximate surface area is 424 Å². The largest absolute Gasteiger partial charge is 0.458 e. The number of hydrogen-bond donors (Lipinski definition) is 0. The minimum absolute atomic E-state index is 0.0955. The van der Waals surface area contributed by atoms with Crippen molar-refractivity contribution >= 4 is 63.3 Å². The molecule has 0 radical (unpaired) electrons. The highest BCUT2D eigenvalue weighted by molar-refractivity contribution is 7.01. The average Bonchev–Trinajstić information content (AvgIpc) is 3.47. The first-order valence-corrected chi connectivity index (χ1v) is 25.7. The van der Waals surface area contributed by atoms with Gasteiger partial charge in [-0.15, -0.1) is 0 Å². The van der Waals surface area contributed by atoms with Crippen molar-refractivity contribution < 1.29 is 4.74 Å². The van der Waals surface area contributed by atoms with E-state index < -0.39 is 0 Å². The quantitative estimate of drug-likeness (QED) is 0.152. The maximum atomic E-state index is 7.49. The monoisotopic (exact) mass is 921 g/mol. The summed E-state index contributed by atoms with van der Waals surface area (Å²) in [6.45, 7) is 13.8. The standard InChI is InChI=1S/C68H53B2NO/c1-67(2,3)42-37-43(68(4,5)6)39-44(38-42)71-61-35-19-31-55-51-27-13-9-23-47(51)45-21-7-11-25-49(45)53-29-15-17-33-57(53)69(65(55)61)59-41-64-60(40-62(59)71)70-58-34-18-16-30-54(58)50-26-12-8-22-46(50)48-24-10-14-28-52(48)56-32-20-36-63(72-64)66(56)70/h7-41H,1-6H3. The van der Waals surface area contributed by atoms with E-state index in [1.165, 1.54) is 122 Å². The van der Waals surface area contributed by atoms with Crippen LogP contribution in [0.2, 0.25) is 0 Å². The zero-order chi connectivity index (χ0) is 48.6. The maximum Gasteiger partial charge on any atom is 0.252 e. The summed E-state index contributed by atoms with van der Waals surface area (Å²) < 4.78 is 7.49. The summed E-state index contributed by atoms with van der Waals surface area (Å²) >= 11 is 0. The molecular weight excluding hydrogens is 868 g/mol. The second-order valence-electron chi connectivity index (χ2n) is 22.3. The highest BCUT2D eigenvalue weighted by atomic mass is 16.5. The van der Waals surface area contributed by atoms with E-state index in [1.807, 2.05) is 0 Å². The average molecular weight is 922 g/mol. The lowest BCUT2D eigenvalue weighted by atomic mass is 9.31. The summed E-state index contributed by atoms with van der Waals surface area (Å²) in [6, 6.07) is 80.4. The van der Waals surface area contributed by atoms with E-state index >= 15 is 0 Å². The SMILES string of the molecule is CC(C)(C)c1cc(N2c3cc4c(cc3B3c5ccccc5-c5ccccc5-c5ccccc5-c5cccc2c53)Oc2cccc3c2B4c2ccccc2-c2ccccc2-c2ccccc2-3)cc(C(C)(C)C)c1. The molecule has 0 spiro atoms. The van der Waals surface area contributed by atoms with Crippen LogP contribution in [0, 0.1) is 0 Å². The molecule has 0 unspecified atom stereocenters. The second-order valence-corrected chi connectivity index (χ2v) is 22.3. The van der Waals surface area contributed by atoms with Gasteiger partial charge >= 0.3 is 0 Å². The molecule has 4 aliphatic rings. The highest BCUT2D eigenvalue weighted by Gasteiger charge is 2.44. The Hall–Kier alpha value is -8.07. The molecule has 10 aromatic carbocycles. The van der Waals surface area contributed by atoms with Crippen LogP contribution < -0.4 is 42.4 Å². The Morgan fingerprint density at radius 3 is 1.18 bits per heavy atom. The molecule has 4 heterocycles. The lowest BCUT2D eigenvalue weighted by molar-refractivity contribution is 0.488. The number of nitrogens with zero attached hydrogens (tertiary/aromatic N) is 1. The first-order valence-electron chi connectivity index (χ1n) is 25.7. The van der Waals surface area contributed by atoms with Gasteiger partial charge < -0.3 is 9.64 Å². The van der Waals surface area contributed by atoms with Crippen molar-refractivity contribution in [1.29, 1.82) is 0 Å². The summed E-state index contributed by atoms with van der Waals surface area (Å²) in [6.07, 6.45) is 0. The van der Waals surface area contributed by atoms with Gasteiger partial charge in [-0.1, -0.05) is 228 Å². The third kappa shape index (κ3) is 6.37. The Morgan fingerprint density at radius 1 is 0.306 bits per heavy atom. The number of ether oxygens (including phenoxy) is 1. The first kappa shape index (κ1) is 42.8. The molecule has 72 heavy (non-hydrogen) atoms. The summed E-state index contributed by atoms with van der Waals surface area (Å²) in [7, 11) is 0. The number of rotatable bonds is 1. The summed E-state index contributed by atoms with van der Waals surface area (Å²) in [4.78, 5) is 2.62. The Bertz CT molecular complexity index is 3870. The molecule has 4 heteroatoms. The van der Waals surface area contributed by atoms with Crippen LogP contribution in [0.5, 0.6) is 11.5 Å². The molecule has 0 N–H and O–H groups in total. The number of fused-ring (bicyclic) bond motifs is 18. The van der Waals surface area contributed by atoms with Crippen molar-refractivity contribution in [2.45, 2.75) is 52.4 Å². The van der Waals surface area contributed by atoms with Gasteiger partial charge in [0.25, 0.3) is 6.71 Å². The van der Waals surface area contributed by atoms with Crippen LogP contribution in [0.15, 0.2) is 212 Å². The van der Waals surface area contributed by atoms with Crippen molar-refractivity contribution in [3.8, 4) is 78.3 Å². The molecule has 0 fully saturated rings. The van der Waals surface area contributed by atoms with E-state index in [1.54, 1.807) is 0 Å². The Balaban J connectivity index is 1.14. The topological polar surface area (TPSA) is 12.5 Å². The smallest absolute Gasteiger partial charge is 0.252 e. The van der Waals surface area contributed by atoms with Gasteiger partial charge in [-0.05, 0) is 147 Å². The van der Waals surface area contributed by atoms with Crippen LogP contribution >= 0.6 is 0 Å². The predicted octanol–water partition coefficient (Wildman–Crippen LogP) is 13.8. The fourth-order valence-corrected chi connectivity index (χ4v) is 12.7. The van der Waals surface area contributed by atoms with Crippen LogP contribution in [0.3, 0.4) is 0 Å². The predicted molar refractivity (Wildman–Crippen MR) is 307 cm³/mol. The lowest BCUT2D eigenvalue weighted by Crippen LogP contribution is -2.60. The molecule has 0 bridgehead atoms. The second kappa shape index (κ2) is 15.7. The Morgan fingerprint density at radius 2 is 0.694 bits per heavy atom. The maximum absolute atomic E-state index is 7.49. The van der Waals surface area contributed by atoms with E-state index in [2.05, 4.69) is 259 Å². The van der Waals surface area contributed by atoms with Crippen molar-refractivity contribution in [2.75, 3.05) is 4.90 Å². The molecule has 0 amide bonds. The number of anilines is 3. The van der Waals surface area contributed by atoms with E-state index in [4.69, 9.17) is 4.74 Å². The third-order valence-corrected chi connectivity index (χ3v) is 16.1. The van der Waals surface area contributed by atoms with Crippen molar-refractivity contribution in [3.63, 3.8) is 0 Å². The molecule has 0 aliphatic carbocycles. The first-order chi connectivity index (χ1) is 35.0. The summed E-state index contributed by atoms with van der Waals surface area (Å²) in [5.41, 5.74) is 28.2. The van der Waals surface area contributed by atoms with E-state index in [9.17, 15) is 0 Å². The van der Waals surface area contributed by atoms with Gasteiger partial charge in [-0.3, -0.25) is 0 Å². The van der Waals surface area contributed by atoms with Gasteiger partial charge in [0.2, 0.25) is 6.71 Å². The number of hydrogen-bond acceptors (Lipinski definition) is 2. The minimum atomic E-state index is -0.145. The van der Waals surface area contributed by atoms with E-state index in [0.717, 1.165) is 17.0 Å². The molecule has 0 atom stereocenters. The fourth-order valence-electron chi connectivity index (χ4n) is 12.7. The fraction of sp³-hybridized carbons (Fsp3) is 0.118. The molecule has 0 saturated heterocycles. The molecule has 0 saturated carbocycles. The lowest BCUT2D eigenvalue weighted by Gasteiger charge is -2.41. The third-order valence-electron chi connectivity index (χ3n) is 16.1. The molecule has 342 valence electrons. The van der Waals surface area contributed by atoms with Crippen molar-refractivity contribution in [3.05, 3.63) is 223 Å². The van der Waals surface area contributed by atoms with Gasteiger partial charge in [0.05, 0.1) is 0 Å². The molecule has 4 aliphatic heterocycles. The van der Waals surface area contributed by atoms with Crippen LogP contribution in [0.4, 0.5) is 17.1 Å². The molecule has 0 aromatic heterocycles. The number of benzene rings is 10.